The molecule has 0 radical (unpaired) electrons. The first-order valence-electron chi connectivity index (χ1n) is 4.54. The molecule has 0 unspecified atom stereocenters. The Labute approximate surface area is 99.3 Å². The van der Waals surface area contributed by atoms with E-state index in [0.717, 1.165) is 10.9 Å². The lowest BCUT2D eigenvalue weighted by Crippen LogP contribution is -3.00. The molecule has 0 spiro atoms. The number of phenols is 1. The first-order chi connectivity index (χ1) is 6.83. The molecule has 2 rings (SSSR count). The number of para-hydroxylation sites is 1. The first kappa shape index (κ1) is 11.7. The Morgan fingerprint density at radius 1 is 1.27 bits per heavy atom. The third-order valence-electron chi connectivity index (χ3n) is 2.20. The van der Waals surface area contributed by atoms with E-state index < -0.39 is 0 Å². The Bertz CT molecular complexity index is 477. The van der Waals surface area contributed by atoms with Crippen molar-refractivity contribution in [2.75, 3.05) is 0 Å². The van der Waals surface area contributed by atoms with Gasteiger partial charge in [0.15, 0.2) is 18.5 Å². The molecular formula is C12H12BrNO. The molecule has 1 N–H and O–H groups in total. The number of hydrogen-bond donors (Lipinski definition) is 1. The van der Waals surface area contributed by atoms with Gasteiger partial charge in [-0.25, -0.2) is 0 Å². The quantitative estimate of drug-likeness (QED) is 0.548. The molecule has 2 nitrogen and oxygen atoms in total. The maximum Gasteiger partial charge on any atom is 0.254 e. The van der Waals surface area contributed by atoms with Gasteiger partial charge in [-0.2, -0.15) is 4.57 Å². The van der Waals surface area contributed by atoms with E-state index in [0.29, 0.717) is 12.3 Å². The zero-order valence-corrected chi connectivity index (χ0v) is 9.81. The molecule has 0 saturated carbocycles. The lowest BCUT2D eigenvalue weighted by atomic mass is 10.2. The highest BCUT2D eigenvalue weighted by Gasteiger charge is 2.10. The molecule has 78 valence electrons. The van der Waals surface area contributed by atoms with Crippen LogP contribution in [0.3, 0.4) is 0 Å². The van der Waals surface area contributed by atoms with Crippen molar-refractivity contribution in [3.63, 3.8) is 0 Å². The number of aromatic nitrogens is 1. The third-order valence-corrected chi connectivity index (χ3v) is 2.20. The molecule has 0 aliphatic rings. The summed E-state index contributed by atoms with van der Waals surface area (Å²) < 4.78 is 1.97. The monoisotopic (exact) mass is 265 g/mol. The molecule has 0 saturated heterocycles. The molecule has 1 aromatic carbocycles. The van der Waals surface area contributed by atoms with Crippen LogP contribution in [0.1, 0.15) is 0 Å². The van der Waals surface area contributed by atoms with Crippen molar-refractivity contribution in [3.05, 3.63) is 49.2 Å². The van der Waals surface area contributed by atoms with Gasteiger partial charge in [-0.05, 0) is 24.3 Å². The van der Waals surface area contributed by atoms with Gasteiger partial charge < -0.3 is 22.1 Å². The molecule has 0 amide bonds. The van der Waals surface area contributed by atoms with E-state index in [2.05, 4.69) is 6.58 Å². The number of pyridine rings is 1. The minimum Gasteiger partial charge on any atom is -1.00 e. The fraction of sp³-hybridized carbons (Fsp3) is 0.0833. The van der Waals surface area contributed by atoms with Crippen LogP contribution in [0.25, 0.3) is 10.9 Å². The van der Waals surface area contributed by atoms with E-state index >= 15 is 0 Å². The zero-order chi connectivity index (χ0) is 9.97. The first-order valence-corrected chi connectivity index (χ1v) is 4.54. The van der Waals surface area contributed by atoms with E-state index in [1.54, 1.807) is 6.07 Å². The molecule has 3 heteroatoms. The van der Waals surface area contributed by atoms with Gasteiger partial charge in [-0.1, -0.05) is 12.6 Å². The third kappa shape index (κ3) is 2.18. The molecule has 1 heterocycles. The number of halogens is 1. The highest BCUT2D eigenvalue weighted by molar-refractivity contribution is 5.80. The number of benzene rings is 1. The van der Waals surface area contributed by atoms with Crippen LogP contribution < -0.4 is 21.5 Å². The maximum absolute atomic E-state index is 9.72. The number of hydrogen-bond acceptors (Lipinski definition) is 1. The lowest BCUT2D eigenvalue weighted by molar-refractivity contribution is -0.661. The molecular weight excluding hydrogens is 254 g/mol. The second-order valence-corrected chi connectivity index (χ2v) is 3.16. The Balaban J connectivity index is 0.00000112. The van der Waals surface area contributed by atoms with Gasteiger partial charge in [0.05, 0.1) is 5.39 Å². The van der Waals surface area contributed by atoms with E-state index in [1.807, 2.05) is 41.1 Å². The molecule has 0 fully saturated rings. The lowest BCUT2D eigenvalue weighted by Gasteiger charge is -1.99. The maximum atomic E-state index is 9.72. The highest BCUT2D eigenvalue weighted by atomic mass is 79.9. The molecule has 15 heavy (non-hydrogen) atoms. The summed E-state index contributed by atoms with van der Waals surface area (Å²) in [7, 11) is 0. The van der Waals surface area contributed by atoms with E-state index in [-0.39, 0.29) is 17.0 Å². The van der Waals surface area contributed by atoms with Crippen molar-refractivity contribution in [3.8, 4) is 5.75 Å². The van der Waals surface area contributed by atoms with Gasteiger partial charge in [-0.3, -0.25) is 0 Å². The van der Waals surface area contributed by atoms with E-state index in [9.17, 15) is 5.11 Å². The predicted molar refractivity (Wildman–Crippen MR) is 56.0 cm³/mol. The fourth-order valence-electron chi connectivity index (χ4n) is 1.61. The average Bonchev–Trinajstić information content (AvgIpc) is 2.19. The smallest absolute Gasteiger partial charge is 0.254 e. The Morgan fingerprint density at radius 3 is 2.73 bits per heavy atom. The Morgan fingerprint density at radius 2 is 2.00 bits per heavy atom. The van der Waals surface area contributed by atoms with Crippen LogP contribution in [0.2, 0.25) is 0 Å². The zero-order valence-electron chi connectivity index (χ0n) is 8.23. The van der Waals surface area contributed by atoms with Crippen LogP contribution in [-0.4, -0.2) is 5.11 Å². The van der Waals surface area contributed by atoms with Gasteiger partial charge in [0.2, 0.25) is 0 Å². The van der Waals surface area contributed by atoms with Crippen LogP contribution in [0.15, 0.2) is 49.2 Å². The van der Waals surface area contributed by atoms with Crippen molar-refractivity contribution >= 4 is 10.9 Å². The number of fused-ring (bicyclic) bond motifs is 1. The highest BCUT2D eigenvalue weighted by Crippen LogP contribution is 2.19. The largest absolute Gasteiger partial charge is 1.00 e. The molecule has 0 atom stereocenters. The summed E-state index contributed by atoms with van der Waals surface area (Å²) in [4.78, 5) is 0. The summed E-state index contributed by atoms with van der Waals surface area (Å²) >= 11 is 0. The van der Waals surface area contributed by atoms with E-state index in [1.165, 1.54) is 0 Å². The van der Waals surface area contributed by atoms with Gasteiger partial charge in [-0.15, -0.1) is 0 Å². The molecule has 0 aliphatic carbocycles. The molecule has 1 aromatic heterocycles. The topological polar surface area (TPSA) is 24.1 Å². The van der Waals surface area contributed by atoms with Gasteiger partial charge in [0.25, 0.3) is 5.52 Å². The van der Waals surface area contributed by atoms with Crippen molar-refractivity contribution < 1.29 is 26.7 Å². The SMILES string of the molecule is C=CC[n+]1cccc2cccc(O)c21.[Br-]. The minimum absolute atomic E-state index is 0. The number of aromatic hydroxyl groups is 1. The van der Waals surface area contributed by atoms with Gasteiger partial charge in [0.1, 0.15) is 0 Å². The summed E-state index contributed by atoms with van der Waals surface area (Å²) in [5.41, 5.74) is 0.856. The van der Waals surface area contributed by atoms with Crippen LogP contribution >= 0.6 is 0 Å². The average molecular weight is 266 g/mol. The second kappa shape index (κ2) is 4.94. The molecule has 2 aromatic rings. The second-order valence-electron chi connectivity index (χ2n) is 3.16. The summed E-state index contributed by atoms with van der Waals surface area (Å²) in [5.74, 6) is 0.310. The van der Waals surface area contributed by atoms with Gasteiger partial charge in [0, 0.05) is 6.07 Å². The number of rotatable bonds is 2. The summed E-state index contributed by atoms with van der Waals surface area (Å²) in [6.45, 7) is 4.39. The Hall–Kier alpha value is -1.35. The van der Waals surface area contributed by atoms with Crippen LogP contribution in [0.5, 0.6) is 5.75 Å². The standard InChI is InChI=1S/C12H11NO.BrH/c1-2-8-13-9-4-6-10-5-3-7-11(14)12(10)13;/h2-7,9H,1,8H2;1H. The van der Waals surface area contributed by atoms with Crippen molar-refractivity contribution in [1.82, 2.24) is 0 Å². The normalized spacial score (nSPS) is 9.60. The van der Waals surface area contributed by atoms with Crippen LogP contribution in [0.4, 0.5) is 0 Å². The summed E-state index contributed by atoms with van der Waals surface area (Å²) in [6.07, 6.45) is 3.75. The number of nitrogens with zero attached hydrogens (tertiary/aromatic N) is 1. The minimum atomic E-state index is 0. The molecule has 0 aliphatic heterocycles. The van der Waals surface area contributed by atoms with Gasteiger partial charge >= 0.3 is 0 Å². The van der Waals surface area contributed by atoms with Crippen molar-refractivity contribution in [2.24, 2.45) is 0 Å². The number of phenolic OH excluding ortho intramolecular Hbond substituents is 1. The van der Waals surface area contributed by atoms with Crippen molar-refractivity contribution in [2.45, 2.75) is 6.54 Å². The van der Waals surface area contributed by atoms with Crippen LogP contribution in [0, 0.1) is 0 Å². The molecule has 0 bridgehead atoms. The summed E-state index contributed by atoms with van der Waals surface area (Å²) in [6, 6.07) is 9.46. The van der Waals surface area contributed by atoms with E-state index in [4.69, 9.17) is 0 Å². The van der Waals surface area contributed by atoms with Crippen LogP contribution in [-0.2, 0) is 6.54 Å². The Kier molecular flexibility index (Phi) is 3.86. The predicted octanol–water partition coefficient (Wildman–Crippen LogP) is -0.977. The summed E-state index contributed by atoms with van der Waals surface area (Å²) in [5, 5.41) is 10.8. The van der Waals surface area contributed by atoms with Crippen molar-refractivity contribution in [1.29, 1.82) is 0 Å². The fourth-order valence-corrected chi connectivity index (χ4v) is 1.61. The number of allylic oxidation sites excluding steroid dienone is 1.